The summed E-state index contributed by atoms with van der Waals surface area (Å²) < 4.78 is 2.88. The van der Waals surface area contributed by atoms with Gasteiger partial charge in [-0.2, -0.15) is 0 Å². The summed E-state index contributed by atoms with van der Waals surface area (Å²) in [6.45, 7) is 0.735. The van der Waals surface area contributed by atoms with E-state index in [4.69, 9.17) is 18.0 Å². The van der Waals surface area contributed by atoms with E-state index in [9.17, 15) is 0 Å². The van der Waals surface area contributed by atoms with Crippen LogP contribution in [0.5, 0.6) is 0 Å². The minimum absolute atomic E-state index is 0.383. The second-order valence-electron chi connectivity index (χ2n) is 4.09. The highest BCUT2D eigenvalue weighted by Crippen LogP contribution is 2.21. The molecule has 0 radical (unpaired) electrons. The lowest BCUT2D eigenvalue weighted by molar-refractivity contribution is 0.788. The van der Waals surface area contributed by atoms with E-state index in [1.165, 1.54) is 0 Å². The fourth-order valence-corrected chi connectivity index (χ4v) is 2.26. The lowest BCUT2D eigenvalue weighted by Gasteiger charge is -2.11. The van der Waals surface area contributed by atoms with Crippen LogP contribution in [0.4, 0.5) is 5.69 Å². The van der Waals surface area contributed by atoms with E-state index in [1.54, 1.807) is 6.33 Å². The number of hydrogen-bond acceptors (Lipinski definition) is 4. The maximum Gasteiger partial charge on any atom is 0.134 e. The molecule has 5 nitrogen and oxygen atoms in total. The van der Waals surface area contributed by atoms with Crippen molar-refractivity contribution in [3.05, 3.63) is 40.4 Å². The molecule has 0 unspecified atom stereocenters. The predicted octanol–water partition coefficient (Wildman–Crippen LogP) is 1.87. The molecule has 2 rings (SSSR count). The van der Waals surface area contributed by atoms with Crippen molar-refractivity contribution in [3.63, 3.8) is 0 Å². The van der Waals surface area contributed by atoms with Crippen molar-refractivity contribution in [2.45, 2.75) is 6.42 Å². The molecule has 1 heterocycles. The Hall–Kier alpha value is -1.47. The van der Waals surface area contributed by atoms with Crippen LogP contribution >= 0.6 is 28.1 Å². The highest BCUT2D eigenvalue weighted by molar-refractivity contribution is 9.10. The number of halogens is 1. The number of aromatic nitrogens is 3. The minimum atomic E-state index is 0.383. The second-order valence-corrected chi connectivity index (χ2v) is 5.44. The molecular formula is C12H14BrN5S. The number of hydrogen-bond donors (Lipinski definition) is 2. The Morgan fingerprint density at radius 2 is 2.32 bits per heavy atom. The summed E-state index contributed by atoms with van der Waals surface area (Å²) in [5.74, 6) is 0.930. The summed E-state index contributed by atoms with van der Waals surface area (Å²) >= 11 is 8.48. The van der Waals surface area contributed by atoms with Gasteiger partial charge >= 0.3 is 0 Å². The van der Waals surface area contributed by atoms with Crippen LogP contribution in [0.15, 0.2) is 29.0 Å². The molecule has 0 aliphatic carbocycles. The maximum absolute atomic E-state index is 5.70. The fraction of sp³-hybridized carbons (Fsp3) is 0.250. The third-order valence-corrected chi connectivity index (χ3v) is 3.43. The average molecular weight is 340 g/mol. The third kappa shape index (κ3) is 3.51. The fourth-order valence-electron chi connectivity index (χ4n) is 1.72. The number of rotatable bonds is 5. The number of thiocarbonyl (C=S) groups is 1. The molecule has 0 amide bonds. The van der Waals surface area contributed by atoms with Gasteiger partial charge in [0.2, 0.25) is 0 Å². The molecule has 0 fully saturated rings. The number of nitrogens with one attached hydrogen (secondary N) is 1. The summed E-state index contributed by atoms with van der Waals surface area (Å²) in [6.07, 6.45) is 2.47. The number of aryl methyl sites for hydroxylation is 1. The zero-order chi connectivity index (χ0) is 13.8. The van der Waals surface area contributed by atoms with Gasteiger partial charge in [-0.3, -0.25) is 0 Å². The molecular weight excluding hydrogens is 326 g/mol. The van der Waals surface area contributed by atoms with Crippen molar-refractivity contribution >= 4 is 38.8 Å². The monoisotopic (exact) mass is 339 g/mol. The van der Waals surface area contributed by atoms with E-state index in [1.807, 2.05) is 29.8 Å². The SMILES string of the molecule is Cn1cnnc1CCNc1cc(Br)ccc1C(N)=S. The first-order valence-corrected chi connectivity index (χ1v) is 6.94. The average Bonchev–Trinajstić information content (AvgIpc) is 2.75. The Morgan fingerprint density at radius 3 is 2.95 bits per heavy atom. The molecule has 0 aliphatic heterocycles. The van der Waals surface area contributed by atoms with Crippen LogP contribution in [-0.2, 0) is 13.5 Å². The topological polar surface area (TPSA) is 68.8 Å². The van der Waals surface area contributed by atoms with Crippen molar-refractivity contribution in [3.8, 4) is 0 Å². The smallest absolute Gasteiger partial charge is 0.134 e. The number of nitrogens with zero attached hydrogens (tertiary/aromatic N) is 3. The molecule has 7 heteroatoms. The van der Waals surface area contributed by atoms with Gasteiger partial charge < -0.3 is 15.6 Å². The Morgan fingerprint density at radius 1 is 1.53 bits per heavy atom. The van der Waals surface area contributed by atoms with Crippen molar-refractivity contribution < 1.29 is 0 Å². The summed E-state index contributed by atoms with van der Waals surface area (Å²) in [5, 5.41) is 11.2. The molecule has 0 aliphatic rings. The summed E-state index contributed by atoms with van der Waals surface area (Å²) in [7, 11) is 1.93. The Labute approximate surface area is 125 Å². The third-order valence-electron chi connectivity index (χ3n) is 2.72. The molecule has 0 bridgehead atoms. The van der Waals surface area contributed by atoms with Crippen LogP contribution in [-0.4, -0.2) is 26.3 Å². The van der Waals surface area contributed by atoms with Gasteiger partial charge in [0.05, 0.1) is 0 Å². The molecule has 0 atom stereocenters. The maximum atomic E-state index is 5.70. The summed E-state index contributed by atoms with van der Waals surface area (Å²) in [5.41, 5.74) is 7.47. The first-order valence-electron chi connectivity index (χ1n) is 5.74. The Balaban J connectivity index is 2.05. The van der Waals surface area contributed by atoms with Crippen molar-refractivity contribution in [2.75, 3.05) is 11.9 Å². The second kappa shape index (κ2) is 6.12. The van der Waals surface area contributed by atoms with Crippen LogP contribution < -0.4 is 11.1 Å². The van der Waals surface area contributed by atoms with Gasteiger partial charge in [0.15, 0.2) is 0 Å². The largest absolute Gasteiger partial charge is 0.389 e. The molecule has 2 aromatic rings. The van der Waals surface area contributed by atoms with Gasteiger partial charge in [-0.05, 0) is 18.2 Å². The molecule has 0 spiro atoms. The zero-order valence-corrected chi connectivity index (χ0v) is 12.8. The van der Waals surface area contributed by atoms with Gasteiger partial charge in [0, 0.05) is 35.7 Å². The van der Waals surface area contributed by atoms with Gasteiger partial charge in [-0.15, -0.1) is 10.2 Å². The van der Waals surface area contributed by atoms with Gasteiger partial charge in [0.25, 0.3) is 0 Å². The van der Waals surface area contributed by atoms with Gasteiger partial charge in [-0.25, -0.2) is 0 Å². The molecule has 3 N–H and O–H groups in total. The Bertz CT molecular complexity index is 596. The standard InChI is InChI=1S/C12H14BrN5S/c1-18-7-16-17-11(18)4-5-15-10-6-8(13)2-3-9(10)12(14)19/h2-3,6-7,15H,4-5H2,1H3,(H2,14,19). The van der Waals surface area contributed by atoms with Crippen LogP contribution in [0.25, 0.3) is 0 Å². The number of nitrogens with two attached hydrogens (primary N) is 1. The van der Waals surface area contributed by atoms with E-state index >= 15 is 0 Å². The molecule has 1 aromatic carbocycles. The van der Waals surface area contributed by atoms with E-state index < -0.39 is 0 Å². The lowest BCUT2D eigenvalue weighted by Crippen LogP contribution is -2.15. The summed E-state index contributed by atoms with van der Waals surface area (Å²) in [6, 6.07) is 5.78. The first-order chi connectivity index (χ1) is 9.08. The highest BCUT2D eigenvalue weighted by atomic mass is 79.9. The van der Waals surface area contributed by atoms with E-state index in [0.29, 0.717) is 4.99 Å². The predicted molar refractivity (Wildman–Crippen MR) is 83.2 cm³/mol. The van der Waals surface area contributed by atoms with E-state index in [-0.39, 0.29) is 0 Å². The number of anilines is 1. The van der Waals surface area contributed by atoms with Crippen LogP contribution in [0.3, 0.4) is 0 Å². The van der Waals surface area contributed by atoms with Crippen LogP contribution in [0, 0.1) is 0 Å². The molecule has 19 heavy (non-hydrogen) atoms. The van der Waals surface area contributed by atoms with Crippen molar-refractivity contribution in [1.82, 2.24) is 14.8 Å². The van der Waals surface area contributed by atoms with Crippen LogP contribution in [0.2, 0.25) is 0 Å². The highest BCUT2D eigenvalue weighted by Gasteiger charge is 2.06. The van der Waals surface area contributed by atoms with E-state index in [2.05, 4.69) is 31.4 Å². The Kier molecular flexibility index (Phi) is 4.49. The molecule has 0 saturated heterocycles. The minimum Gasteiger partial charge on any atom is -0.389 e. The van der Waals surface area contributed by atoms with Crippen LogP contribution in [0.1, 0.15) is 11.4 Å². The summed E-state index contributed by atoms with van der Waals surface area (Å²) in [4.78, 5) is 0.383. The normalized spacial score (nSPS) is 10.4. The van der Waals surface area contributed by atoms with Gasteiger partial charge in [-0.1, -0.05) is 28.1 Å². The van der Waals surface area contributed by atoms with E-state index in [0.717, 1.165) is 34.5 Å². The quantitative estimate of drug-likeness (QED) is 0.814. The van der Waals surface area contributed by atoms with Crippen molar-refractivity contribution in [2.24, 2.45) is 12.8 Å². The van der Waals surface area contributed by atoms with Crippen molar-refractivity contribution in [1.29, 1.82) is 0 Å². The number of benzene rings is 1. The zero-order valence-electron chi connectivity index (χ0n) is 10.4. The molecule has 1 aromatic heterocycles. The molecule has 0 saturated carbocycles. The first kappa shape index (κ1) is 14.0. The van der Waals surface area contributed by atoms with Gasteiger partial charge in [0.1, 0.15) is 17.1 Å². The molecule has 100 valence electrons. The lowest BCUT2D eigenvalue weighted by atomic mass is 10.1.